The van der Waals surface area contributed by atoms with Gasteiger partial charge in [-0.15, -0.1) is 0 Å². The van der Waals surface area contributed by atoms with Gasteiger partial charge >= 0.3 is 0 Å². The topological polar surface area (TPSA) is 0 Å². The van der Waals surface area contributed by atoms with Gasteiger partial charge in [0.05, 0.1) is 0 Å². The smallest absolute Gasteiger partial charge is 0.0275 e. The van der Waals surface area contributed by atoms with Gasteiger partial charge in [-0.2, -0.15) is 0 Å². The van der Waals surface area contributed by atoms with Gasteiger partial charge in [0.25, 0.3) is 0 Å². The van der Waals surface area contributed by atoms with Gasteiger partial charge in [0.2, 0.25) is 0 Å². The Morgan fingerprint density at radius 2 is 1.38 bits per heavy atom. The molecule has 0 fully saturated rings. The van der Waals surface area contributed by atoms with E-state index in [0.29, 0.717) is 5.41 Å². The van der Waals surface area contributed by atoms with Gasteiger partial charge in [-0.3, -0.25) is 0 Å². The standard InChI is InChI=1S/C13H28/c1-7-10-13(8-2,9-3)12(6)11(4)5/h11-12H,7-10H2,1-6H3. The van der Waals surface area contributed by atoms with Gasteiger partial charge in [-0.05, 0) is 23.7 Å². The molecule has 0 saturated heterocycles. The van der Waals surface area contributed by atoms with Crippen molar-refractivity contribution in [3.05, 3.63) is 0 Å². The molecule has 80 valence electrons. The zero-order chi connectivity index (χ0) is 10.5. The zero-order valence-corrected chi connectivity index (χ0v) is 10.5. The molecule has 0 aromatic carbocycles. The van der Waals surface area contributed by atoms with E-state index < -0.39 is 0 Å². The second-order valence-electron chi connectivity index (χ2n) is 4.85. The lowest BCUT2D eigenvalue weighted by atomic mass is 9.65. The molecule has 1 unspecified atom stereocenters. The Morgan fingerprint density at radius 3 is 1.62 bits per heavy atom. The van der Waals surface area contributed by atoms with Crippen LogP contribution in [0, 0.1) is 17.3 Å². The van der Waals surface area contributed by atoms with Crippen molar-refractivity contribution in [2.75, 3.05) is 0 Å². The highest BCUT2D eigenvalue weighted by atomic mass is 14.4. The molecule has 0 heterocycles. The van der Waals surface area contributed by atoms with Crippen molar-refractivity contribution in [3.63, 3.8) is 0 Å². The summed E-state index contributed by atoms with van der Waals surface area (Å²) in [6.45, 7) is 14.2. The predicted octanol–water partition coefficient (Wildman–Crippen LogP) is 4.89. The number of hydrogen-bond donors (Lipinski definition) is 0. The Balaban J connectivity index is 4.53. The summed E-state index contributed by atoms with van der Waals surface area (Å²) in [5, 5.41) is 0. The molecular formula is C13H28. The maximum atomic E-state index is 2.44. The lowest BCUT2D eigenvalue weighted by Gasteiger charge is -2.40. The molecule has 0 saturated carbocycles. The van der Waals surface area contributed by atoms with Crippen molar-refractivity contribution < 1.29 is 0 Å². The molecule has 0 aromatic rings. The molecule has 0 heteroatoms. The third-order valence-electron chi connectivity index (χ3n) is 4.12. The van der Waals surface area contributed by atoms with Crippen LogP contribution in [0.15, 0.2) is 0 Å². The fourth-order valence-electron chi connectivity index (χ4n) is 2.68. The SMILES string of the molecule is CCCC(CC)(CC)C(C)C(C)C. The Bertz CT molecular complexity index is 120. The van der Waals surface area contributed by atoms with Gasteiger partial charge in [-0.25, -0.2) is 0 Å². The second kappa shape index (κ2) is 5.67. The van der Waals surface area contributed by atoms with Crippen LogP contribution >= 0.6 is 0 Å². The summed E-state index contributed by atoms with van der Waals surface area (Å²) in [5.41, 5.74) is 0.614. The molecule has 0 aliphatic carbocycles. The highest BCUT2D eigenvalue weighted by molar-refractivity contribution is 4.83. The first-order valence-corrected chi connectivity index (χ1v) is 6.04. The van der Waals surface area contributed by atoms with Crippen LogP contribution < -0.4 is 0 Å². The molecule has 0 rings (SSSR count). The van der Waals surface area contributed by atoms with Gasteiger partial charge in [0.1, 0.15) is 0 Å². The summed E-state index contributed by atoms with van der Waals surface area (Å²) < 4.78 is 0. The molecule has 0 aromatic heterocycles. The Hall–Kier alpha value is 0. The minimum Gasteiger partial charge on any atom is -0.0654 e. The summed E-state index contributed by atoms with van der Waals surface area (Å²) >= 11 is 0. The lowest BCUT2D eigenvalue weighted by molar-refractivity contribution is 0.101. The summed E-state index contributed by atoms with van der Waals surface area (Å²) in [6.07, 6.45) is 5.42. The first-order valence-electron chi connectivity index (χ1n) is 6.04. The average Bonchev–Trinajstić information content (AvgIpc) is 2.13. The largest absolute Gasteiger partial charge is 0.0654 e. The van der Waals surface area contributed by atoms with Gasteiger partial charge in [-0.1, -0.05) is 60.8 Å². The van der Waals surface area contributed by atoms with Crippen molar-refractivity contribution in [3.8, 4) is 0 Å². The van der Waals surface area contributed by atoms with E-state index in [2.05, 4.69) is 41.5 Å². The van der Waals surface area contributed by atoms with Crippen LogP contribution in [-0.4, -0.2) is 0 Å². The van der Waals surface area contributed by atoms with Crippen LogP contribution in [0.1, 0.15) is 67.2 Å². The van der Waals surface area contributed by atoms with Crippen molar-refractivity contribution >= 4 is 0 Å². The maximum Gasteiger partial charge on any atom is -0.0275 e. The van der Waals surface area contributed by atoms with E-state index in [-0.39, 0.29) is 0 Å². The first kappa shape index (κ1) is 13.0. The number of hydrogen-bond acceptors (Lipinski definition) is 0. The highest BCUT2D eigenvalue weighted by Crippen LogP contribution is 2.43. The third-order valence-corrected chi connectivity index (χ3v) is 4.12. The van der Waals surface area contributed by atoms with Gasteiger partial charge in [0, 0.05) is 0 Å². The zero-order valence-electron chi connectivity index (χ0n) is 10.5. The first-order chi connectivity index (χ1) is 6.04. The lowest BCUT2D eigenvalue weighted by Crippen LogP contribution is -2.30. The summed E-state index contributed by atoms with van der Waals surface area (Å²) in [6, 6.07) is 0. The minimum absolute atomic E-state index is 0.614. The van der Waals surface area contributed by atoms with E-state index >= 15 is 0 Å². The maximum absolute atomic E-state index is 2.44. The van der Waals surface area contributed by atoms with Crippen molar-refractivity contribution in [2.45, 2.75) is 67.2 Å². The van der Waals surface area contributed by atoms with E-state index in [4.69, 9.17) is 0 Å². The molecule has 13 heavy (non-hydrogen) atoms. The van der Waals surface area contributed by atoms with Crippen molar-refractivity contribution in [1.82, 2.24) is 0 Å². The molecule has 0 amide bonds. The van der Waals surface area contributed by atoms with Gasteiger partial charge < -0.3 is 0 Å². The third kappa shape index (κ3) is 3.00. The molecule has 0 radical (unpaired) electrons. The summed E-state index contributed by atoms with van der Waals surface area (Å²) in [5.74, 6) is 1.69. The second-order valence-corrected chi connectivity index (χ2v) is 4.85. The van der Waals surface area contributed by atoms with Crippen LogP contribution in [0.5, 0.6) is 0 Å². The van der Waals surface area contributed by atoms with Crippen LogP contribution in [0.25, 0.3) is 0 Å². The van der Waals surface area contributed by atoms with E-state index in [9.17, 15) is 0 Å². The molecule has 1 atom stereocenters. The Kier molecular flexibility index (Phi) is 5.67. The molecule has 0 bridgehead atoms. The molecular weight excluding hydrogens is 156 g/mol. The molecule has 0 aliphatic heterocycles. The molecule has 0 aliphatic rings. The fourth-order valence-corrected chi connectivity index (χ4v) is 2.68. The summed E-state index contributed by atoms with van der Waals surface area (Å²) in [4.78, 5) is 0. The van der Waals surface area contributed by atoms with E-state index in [1.54, 1.807) is 0 Å². The van der Waals surface area contributed by atoms with Crippen LogP contribution in [0.3, 0.4) is 0 Å². The minimum atomic E-state index is 0.614. The van der Waals surface area contributed by atoms with Crippen LogP contribution in [0.4, 0.5) is 0 Å². The van der Waals surface area contributed by atoms with Crippen LogP contribution in [-0.2, 0) is 0 Å². The molecule has 0 spiro atoms. The average molecular weight is 184 g/mol. The number of rotatable bonds is 6. The van der Waals surface area contributed by atoms with Gasteiger partial charge in [0.15, 0.2) is 0 Å². The Morgan fingerprint density at radius 1 is 0.923 bits per heavy atom. The van der Waals surface area contributed by atoms with Crippen molar-refractivity contribution in [2.24, 2.45) is 17.3 Å². The Labute approximate surface area is 85.1 Å². The van der Waals surface area contributed by atoms with Crippen LogP contribution in [0.2, 0.25) is 0 Å². The predicted molar refractivity (Wildman–Crippen MR) is 61.9 cm³/mol. The quantitative estimate of drug-likeness (QED) is 0.551. The van der Waals surface area contributed by atoms with E-state index in [0.717, 1.165) is 11.8 Å². The van der Waals surface area contributed by atoms with E-state index in [1.165, 1.54) is 25.7 Å². The monoisotopic (exact) mass is 184 g/mol. The normalized spacial score (nSPS) is 15.0. The molecule has 0 N–H and O–H groups in total. The summed E-state index contributed by atoms with van der Waals surface area (Å²) in [7, 11) is 0. The van der Waals surface area contributed by atoms with E-state index in [1.807, 2.05) is 0 Å². The van der Waals surface area contributed by atoms with Crippen molar-refractivity contribution in [1.29, 1.82) is 0 Å². The molecule has 0 nitrogen and oxygen atoms in total. The fraction of sp³-hybridized carbons (Fsp3) is 1.00. The highest BCUT2D eigenvalue weighted by Gasteiger charge is 2.33.